The van der Waals surface area contributed by atoms with Crippen LogP contribution in [0.3, 0.4) is 0 Å². The topological polar surface area (TPSA) is 49.4 Å². The Kier molecular flexibility index (Phi) is 7.03. The van der Waals surface area contributed by atoms with Crippen molar-refractivity contribution in [2.45, 2.75) is 65.8 Å². The Hall–Kier alpha value is -1.06. The molecule has 0 aromatic carbocycles. The van der Waals surface area contributed by atoms with Gasteiger partial charge < -0.3 is 10.2 Å². The van der Waals surface area contributed by atoms with Crippen molar-refractivity contribution < 1.29 is 9.59 Å². The minimum atomic E-state index is -0.159. The zero-order valence-electron chi connectivity index (χ0n) is 13.4. The first-order chi connectivity index (χ1) is 9.49. The predicted molar refractivity (Wildman–Crippen MR) is 81.3 cm³/mol. The maximum atomic E-state index is 12.2. The normalized spacial score (nSPS) is 20.6. The second kappa shape index (κ2) is 8.28. The fraction of sp³-hybridized carbons (Fsp3) is 0.875. The van der Waals surface area contributed by atoms with Crippen LogP contribution < -0.4 is 5.32 Å². The Morgan fingerprint density at radius 2 is 2.10 bits per heavy atom. The van der Waals surface area contributed by atoms with E-state index < -0.39 is 0 Å². The highest BCUT2D eigenvalue weighted by Crippen LogP contribution is 2.20. The second-order valence-corrected chi connectivity index (χ2v) is 6.20. The van der Waals surface area contributed by atoms with E-state index >= 15 is 0 Å². The Morgan fingerprint density at radius 3 is 2.60 bits per heavy atom. The van der Waals surface area contributed by atoms with Crippen LogP contribution >= 0.6 is 0 Å². The van der Waals surface area contributed by atoms with Crippen LogP contribution in [0.2, 0.25) is 0 Å². The van der Waals surface area contributed by atoms with Crippen LogP contribution in [0.4, 0.5) is 0 Å². The zero-order chi connectivity index (χ0) is 15.1. The van der Waals surface area contributed by atoms with Crippen molar-refractivity contribution >= 4 is 11.8 Å². The summed E-state index contributed by atoms with van der Waals surface area (Å²) < 4.78 is 0. The summed E-state index contributed by atoms with van der Waals surface area (Å²) in [6.07, 6.45) is 5.06. The van der Waals surface area contributed by atoms with Crippen LogP contribution in [0.25, 0.3) is 0 Å². The Morgan fingerprint density at radius 1 is 1.40 bits per heavy atom. The molecular formula is C16H30N2O2. The summed E-state index contributed by atoms with van der Waals surface area (Å²) in [6, 6.07) is 0.188. The Labute approximate surface area is 123 Å². The summed E-state index contributed by atoms with van der Waals surface area (Å²) >= 11 is 0. The highest BCUT2D eigenvalue weighted by molar-refractivity contribution is 5.89. The molecule has 0 aromatic rings. The van der Waals surface area contributed by atoms with Crippen molar-refractivity contribution in [1.29, 1.82) is 0 Å². The van der Waals surface area contributed by atoms with Gasteiger partial charge in [0, 0.05) is 25.6 Å². The Bertz CT molecular complexity index is 328. The minimum absolute atomic E-state index is 0.0523. The third-order valence-electron chi connectivity index (χ3n) is 4.26. The van der Waals surface area contributed by atoms with Crippen LogP contribution in [0, 0.1) is 11.8 Å². The van der Waals surface area contributed by atoms with Crippen molar-refractivity contribution in [2.24, 2.45) is 11.8 Å². The molecule has 20 heavy (non-hydrogen) atoms. The quantitative estimate of drug-likeness (QED) is 0.744. The SMILES string of the molecule is CCCC[C@@H](CC)CNC(=O)[C@@H]1CC(=O)N(C(C)C)C1. The van der Waals surface area contributed by atoms with E-state index in [2.05, 4.69) is 19.2 Å². The molecule has 1 aliphatic heterocycles. The lowest BCUT2D eigenvalue weighted by molar-refractivity contribution is -0.130. The van der Waals surface area contributed by atoms with Gasteiger partial charge in [-0.25, -0.2) is 0 Å². The first kappa shape index (κ1) is 17.0. The molecule has 0 spiro atoms. The summed E-state index contributed by atoms with van der Waals surface area (Å²) in [5.74, 6) is 0.570. The number of amides is 2. The average molecular weight is 282 g/mol. The van der Waals surface area contributed by atoms with Crippen molar-refractivity contribution in [3.8, 4) is 0 Å². The van der Waals surface area contributed by atoms with Crippen LogP contribution in [-0.2, 0) is 9.59 Å². The van der Waals surface area contributed by atoms with E-state index in [1.807, 2.05) is 13.8 Å². The molecule has 1 rings (SSSR count). The number of unbranched alkanes of at least 4 members (excludes halogenated alkanes) is 1. The number of likely N-dealkylation sites (tertiary alicyclic amines) is 1. The molecular weight excluding hydrogens is 252 g/mol. The molecule has 0 aliphatic carbocycles. The molecule has 4 nitrogen and oxygen atoms in total. The zero-order valence-corrected chi connectivity index (χ0v) is 13.4. The van der Waals surface area contributed by atoms with Crippen LogP contribution in [0.1, 0.15) is 59.8 Å². The van der Waals surface area contributed by atoms with Gasteiger partial charge in [-0.2, -0.15) is 0 Å². The van der Waals surface area contributed by atoms with E-state index in [9.17, 15) is 9.59 Å². The molecule has 116 valence electrons. The van der Waals surface area contributed by atoms with Gasteiger partial charge in [0.25, 0.3) is 0 Å². The maximum Gasteiger partial charge on any atom is 0.225 e. The highest BCUT2D eigenvalue weighted by Gasteiger charge is 2.35. The van der Waals surface area contributed by atoms with E-state index in [-0.39, 0.29) is 23.8 Å². The van der Waals surface area contributed by atoms with Crippen molar-refractivity contribution in [1.82, 2.24) is 10.2 Å². The molecule has 0 saturated carbocycles. The van der Waals surface area contributed by atoms with E-state index in [0.29, 0.717) is 18.9 Å². The molecule has 1 saturated heterocycles. The van der Waals surface area contributed by atoms with Gasteiger partial charge in [0.05, 0.1) is 5.92 Å². The third kappa shape index (κ3) is 4.80. The molecule has 1 heterocycles. The minimum Gasteiger partial charge on any atom is -0.356 e. The van der Waals surface area contributed by atoms with Gasteiger partial charge in [-0.05, 0) is 26.2 Å². The molecule has 4 heteroatoms. The number of nitrogens with one attached hydrogen (secondary N) is 1. The van der Waals surface area contributed by atoms with E-state index in [1.54, 1.807) is 4.90 Å². The number of nitrogens with zero attached hydrogens (tertiary/aromatic N) is 1. The fourth-order valence-corrected chi connectivity index (χ4v) is 2.74. The van der Waals surface area contributed by atoms with Crippen molar-refractivity contribution in [3.05, 3.63) is 0 Å². The second-order valence-electron chi connectivity index (χ2n) is 6.20. The first-order valence-corrected chi connectivity index (χ1v) is 8.06. The average Bonchev–Trinajstić information content (AvgIpc) is 2.81. The number of hydrogen-bond donors (Lipinski definition) is 1. The van der Waals surface area contributed by atoms with Crippen molar-refractivity contribution in [3.63, 3.8) is 0 Å². The molecule has 0 unspecified atom stereocenters. The van der Waals surface area contributed by atoms with Gasteiger partial charge in [0.2, 0.25) is 11.8 Å². The molecule has 0 bridgehead atoms. The van der Waals surface area contributed by atoms with Crippen LogP contribution in [0.5, 0.6) is 0 Å². The largest absolute Gasteiger partial charge is 0.356 e. The monoisotopic (exact) mass is 282 g/mol. The summed E-state index contributed by atoms with van der Waals surface area (Å²) in [5, 5.41) is 3.05. The lowest BCUT2D eigenvalue weighted by Crippen LogP contribution is -2.37. The molecule has 2 amide bonds. The number of rotatable bonds is 8. The molecule has 2 atom stereocenters. The van der Waals surface area contributed by atoms with Gasteiger partial charge in [-0.3, -0.25) is 9.59 Å². The highest BCUT2D eigenvalue weighted by atomic mass is 16.2. The van der Waals surface area contributed by atoms with Gasteiger partial charge in [-0.15, -0.1) is 0 Å². The summed E-state index contributed by atoms with van der Waals surface area (Å²) in [7, 11) is 0. The van der Waals surface area contributed by atoms with Gasteiger partial charge >= 0.3 is 0 Å². The number of hydrogen-bond acceptors (Lipinski definition) is 2. The molecule has 0 aromatic heterocycles. The molecule has 1 N–H and O–H groups in total. The lowest BCUT2D eigenvalue weighted by atomic mass is 9.99. The van der Waals surface area contributed by atoms with E-state index in [1.165, 1.54) is 19.3 Å². The summed E-state index contributed by atoms with van der Waals surface area (Å²) in [5.41, 5.74) is 0. The first-order valence-electron chi connectivity index (χ1n) is 8.06. The van der Waals surface area contributed by atoms with Crippen molar-refractivity contribution in [2.75, 3.05) is 13.1 Å². The third-order valence-corrected chi connectivity index (χ3v) is 4.26. The van der Waals surface area contributed by atoms with E-state index in [0.717, 1.165) is 13.0 Å². The standard InChI is InChI=1S/C16H30N2O2/c1-5-7-8-13(6-2)10-17-16(20)14-9-15(19)18(11-14)12(3)4/h12-14H,5-11H2,1-4H3,(H,17,20)/t13-,14-/m1/s1. The number of carbonyl (C=O) groups excluding carboxylic acids is 2. The maximum absolute atomic E-state index is 12.2. The predicted octanol–water partition coefficient (Wildman–Crippen LogP) is 2.58. The van der Waals surface area contributed by atoms with Crippen LogP contribution in [-0.4, -0.2) is 35.8 Å². The Balaban J connectivity index is 2.38. The fourth-order valence-electron chi connectivity index (χ4n) is 2.74. The smallest absolute Gasteiger partial charge is 0.225 e. The summed E-state index contributed by atoms with van der Waals surface area (Å²) in [6.45, 7) is 9.68. The number of carbonyl (C=O) groups is 2. The summed E-state index contributed by atoms with van der Waals surface area (Å²) in [4.78, 5) is 25.8. The van der Waals surface area contributed by atoms with Crippen LogP contribution in [0.15, 0.2) is 0 Å². The lowest BCUT2D eigenvalue weighted by Gasteiger charge is -2.21. The van der Waals surface area contributed by atoms with Gasteiger partial charge in [0.15, 0.2) is 0 Å². The van der Waals surface area contributed by atoms with Gasteiger partial charge in [-0.1, -0.05) is 33.1 Å². The van der Waals surface area contributed by atoms with E-state index in [4.69, 9.17) is 0 Å². The molecule has 1 fully saturated rings. The molecule has 0 radical (unpaired) electrons. The van der Waals surface area contributed by atoms with Gasteiger partial charge in [0.1, 0.15) is 0 Å². The molecule has 1 aliphatic rings.